The third-order valence-electron chi connectivity index (χ3n) is 5.80. The number of nitrogens with one attached hydrogen (secondary N) is 1. The Morgan fingerprint density at radius 2 is 2.23 bits per heavy atom. The molecule has 0 saturated carbocycles. The zero-order valence-electron chi connectivity index (χ0n) is 14.8. The molecule has 0 radical (unpaired) electrons. The van der Waals surface area contributed by atoms with Crippen molar-refractivity contribution < 1.29 is 14.3 Å². The number of anilines is 1. The summed E-state index contributed by atoms with van der Waals surface area (Å²) in [6.07, 6.45) is 3.02. The van der Waals surface area contributed by atoms with E-state index in [-0.39, 0.29) is 18.2 Å². The molecule has 1 aromatic rings. The van der Waals surface area contributed by atoms with E-state index < -0.39 is 11.4 Å². The topological polar surface area (TPSA) is 58.6 Å². The summed E-state index contributed by atoms with van der Waals surface area (Å²) in [6.45, 7) is 3.60. The molecule has 136 valence electrons. The molecule has 5 nitrogen and oxygen atoms in total. The SMILES string of the molecule is C/C=C(\I)CN1CC[C@]23C(=C(C(=O)OC)CC(=O)[C@H]12)Nc1ccccc13. The molecule has 1 spiro atoms. The van der Waals surface area contributed by atoms with Crippen molar-refractivity contribution in [3.05, 3.63) is 50.8 Å². The Morgan fingerprint density at radius 3 is 2.96 bits per heavy atom. The number of likely N-dealkylation sites (tertiary alicyclic amines) is 1. The van der Waals surface area contributed by atoms with Crippen LogP contribution >= 0.6 is 22.6 Å². The average Bonchev–Trinajstić information content (AvgIpc) is 3.19. The molecule has 2 heterocycles. The van der Waals surface area contributed by atoms with Crippen LogP contribution in [-0.2, 0) is 19.7 Å². The summed E-state index contributed by atoms with van der Waals surface area (Å²) in [5.41, 5.74) is 2.99. The summed E-state index contributed by atoms with van der Waals surface area (Å²) in [5, 5.41) is 3.46. The summed E-state index contributed by atoms with van der Waals surface area (Å²) in [6, 6.07) is 7.84. The molecule has 4 rings (SSSR count). The Labute approximate surface area is 166 Å². The van der Waals surface area contributed by atoms with Crippen LogP contribution < -0.4 is 5.32 Å². The standard InChI is InChI=1S/C20H21IN2O3/c1-3-12(21)11-23-9-8-20-14-6-4-5-7-15(14)22-17(20)13(19(25)26-2)10-16(24)18(20)23/h3-7,18,22H,8-11H2,1-2H3/b12-3-/t18-,20-/m0/s1. The highest BCUT2D eigenvalue weighted by molar-refractivity contribution is 14.1. The van der Waals surface area contributed by atoms with Gasteiger partial charge in [-0.05, 0) is 47.6 Å². The summed E-state index contributed by atoms with van der Waals surface area (Å²) in [4.78, 5) is 27.9. The first-order chi connectivity index (χ1) is 12.5. The first-order valence-electron chi connectivity index (χ1n) is 8.79. The quantitative estimate of drug-likeness (QED) is 0.551. The van der Waals surface area contributed by atoms with Gasteiger partial charge >= 0.3 is 5.97 Å². The fraction of sp³-hybridized carbons (Fsp3) is 0.400. The van der Waals surface area contributed by atoms with Crippen LogP contribution in [-0.4, -0.2) is 42.9 Å². The number of methoxy groups -OCH3 is 1. The van der Waals surface area contributed by atoms with Crippen molar-refractivity contribution in [3.8, 4) is 0 Å². The van der Waals surface area contributed by atoms with Crippen molar-refractivity contribution in [2.75, 3.05) is 25.5 Å². The van der Waals surface area contributed by atoms with Gasteiger partial charge < -0.3 is 10.1 Å². The van der Waals surface area contributed by atoms with Crippen LogP contribution in [0.25, 0.3) is 0 Å². The molecule has 1 saturated heterocycles. The van der Waals surface area contributed by atoms with E-state index in [1.165, 1.54) is 10.7 Å². The largest absolute Gasteiger partial charge is 0.466 e. The minimum absolute atomic E-state index is 0.102. The predicted molar refractivity (Wildman–Crippen MR) is 108 cm³/mol. The first-order valence-corrected chi connectivity index (χ1v) is 9.86. The van der Waals surface area contributed by atoms with Gasteiger partial charge in [0.15, 0.2) is 5.78 Å². The van der Waals surface area contributed by atoms with Crippen LogP contribution in [0.5, 0.6) is 0 Å². The molecule has 1 aliphatic carbocycles. The Kier molecular flexibility index (Phi) is 4.43. The van der Waals surface area contributed by atoms with Crippen molar-refractivity contribution in [1.29, 1.82) is 0 Å². The second kappa shape index (κ2) is 6.49. The van der Waals surface area contributed by atoms with E-state index in [0.717, 1.165) is 36.5 Å². The van der Waals surface area contributed by atoms with Crippen LogP contribution in [0.3, 0.4) is 0 Å². The highest BCUT2D eigenvalue weighted by atomic mass is 127. The van der Waals surface area contributed by atoms with Crippen LogP contribution in [0.15, 0.2) is 45.2 Å². The van der Waals surface area contributed by atoms with Crippen molar-refractivity contribution in [1.82, 2.24) is 4.90 Å². The zero-order valence-corrected chi connectivity index (χ0v) is 17.0. The Morgan fingerprint density at radius 1 is 1.46 bits per heavy atom. The van der Waals surface area contributed by atoms with Gasteiger partial charge in [0.1, 0.15) is 0 Å². The number of halogens is 1. The molecule has 0 aromatic heterocycles. The number of allylic oxidation sites excluding steroid dienone is 1. The number of benzene rings is 1. The monoisotopic (exact) mass is 464 g/mol. The molecule has 0 unspecified atom stereocenters. The van der Waals surface area contributed by atoms with Crippen LogP contribution in [0.4, 0.5) is 5.69 Å². The molecule has 2 aliphatic heterocycles. The van der Waals surface area contributed by atoms with Crippen molar-refractivity contribution in [2.45, 2.75) is 31.2 Å². The fourth-order valence-electron chi connectivity index (χ4n) is 4.74. The molecule has 1 fully saturated rings. The van der Waals surface area contributed by atoms with Gasteiger partial charge in [0.2, 0.25) is 0 Å². The van der Waals surface area contributed by atoms with E-state index in [1.54, 1.807) is 0 Å². The van der Waals surface area contributed by atoms with E-state index in [0.29, 0.717) is 5.57 Å². The van der Waals surface area contributed by atoms with Crippen LogP contribution in [0, 0.1) is 0 Å². The molecule has 0 bridgehead atoms. The van der Waals surface area contributed by atoms with Gasteiger partial charge in [-0.3, -0.25) is 9.69 Å². The van der Waals surface area contributed by atoms with Crippen LogP contribution in [0.1, 0.15) is 25.3 Å². The van der Waals surface area contributed by atoms with E-state index in [2.05, 4.69) is 44.9 Å². The number of fused-ring (bicyclic) bond motifs is 1. The van der Waals surface area contributed by atoms with Crippen molar-refractivity contribution in [3.63, 3.8) is 0 Å². The third-order valence-corrected chi connectivity index (χ3v) is 6.76. The Hall–Kier alpha value is -1.67. The number of carbonyl (C=O) groups excluding carboxylic acids is 2. The van der Waals surface area contributed by atoms with Gasteiger partial charge in [0, 0.05) is 34.5 Å². The Balaban J connectivity index is 1.90. The highest BCUT2D eigenvalue weighted by Crippen LogP contribution is 2.56. The van der Waals surface area contributed by atoms with Gasteiger partial charge in [0.25, 0.3) is 0 Å². The van der Waals surface area contributed by atoms with Gasteiger partial charge in [-0.15, -0.1) is 0 Å². The summed E-state index contributed by atoms with van der Waals surface area (Å²) < 4.78 is 6.20. The zero-order chi connectivity index (χ0) is 18.5. The summed E-state index contributed by atoms with van der Waals surface area (Å²) >= 11 is 2.33. The number of ether oxygens (including phenoxy) is 1. The number of hydrogen-bond donors (Lipinski definition) is 1. The van der Waals surface area contributed by atoms with E-state index in [9.17, 15) is 9.59 Å². The number of nitrogens with zero attached hydrogens (tertiary/aromatic N) is 1. The number of ketones is 1. The number of para-hydroxylation sites is 1. The molecule has 3 aliphatic rings. The molecule has 2 atom stereocenters. The Bertz CT molecular complexity index is 860. The second-order valence-electron chi connectivity index (χ2n) is 6.99. The lowest BCUT2D eigenvalue weighted by Crippen LogP contribution is -2.52. The average molecular weight is 464 g/mol. The maximum absolute atomic E-state index is 13.2. The molecular weight excluding hydrogens is 443 g/mol. The van der Waals surface area contributed by atoms with E-state index >= 15 is 0 Å². The van der Waals surface area contributed by atoms with Crippen molar-refractivity contribution in [2.24, 2.45) is 0 Å². The summed E-state index contributed by atoms with van der Waals surface area (Å²) in [7, 11) is 1.37. The lowest BCUT2D eigenvalue weighted by atomic mass is 9.67. The molecular formula is C20H21IN2O3. The molecule has 0 amide bonds. The molecule has 26 heavy (non-hydrogen) atoms. The fourth-order valence-corrected chi connectivity index (χ4v) is 5.18. The number of esters is 1. The minimum Gasteiger partial charge on any atom is -0.466 e. The van der Waals surface area contributed by atoms with E-state index in [4.69, 9.17) is 4.74 Å². The number of carbonyl (C=O) groups is 2. The molecule has 6 heteroatoms. The lowest BCUT2D eigenvalue weighted by Gasteiger charge is -2.39. The lowest BCUT2D eigenvalue weighted by molar-refractivity contribution is -0.138. The predicted octanol–water partition coefficient (Wildman–Crippen LogP) is 3.16. The second-order valence-corrected chi connectivity index (χ2v) is 8.37. The first kappa shape index (κ1) is 17.7. The maximum atomic E-state index is 13.2. The number of hydrogen-bond acceptors (Lipinski definition) is 5. The minimum atomic E-state index is -0.472. The molecule has 1 N–H and O–H groups in total. The van der Waals surface area contributed by atoms with Gasteiger partial charge in [-0.25, -0.2) is 4.79 Å². The van der Waals surface area contributed by atoms with Gasteiger partial charge in [0.05, 0.1) is 24.1 Å². The smallest absolute Gasteiger partial charge is 0.335 e. The van der Waals surface area contributed by atoms with Crippen molar-refractivity contribution >= 4 is 40.0 Å². The highest BCUT2D eigenvalue weighted by Gasteiger charge is 2.61. The number of rotatable bonds is 3. The summed E-state index contributed by atoms with van der Waals surface area (Å²) in [5.74, 6) is -0.307. The maximum Gasteiger partial charge on any atom is 0.335 e. The van der Waals surface area contributed by atoms with E-state index in [1.807, 2.05) is 25.1 Å². The molecule has 1 aromatic carbocycles. The third kappa shape index (κ3) is 2.38. The van der Waals surface area contributed by atoms with Gasteiger partial charge in [-0.1, -0.05) is 24.3 Å². The van der Waals surface area contributed by atoms with Gasteiger partial charge in [-0.2, -0.15) is 0 Å². The number of Topliss-reactive ketones (excluding diaryl/α,β-unsaturated/α-hetero) is 1. The normalized spacial score (nSPS) is 27.7. The van der Waals surface area contributed by atoms with Crippen LogP contribution in [0.2, 0.25) is 0 Å².